The molecule has 0 unspecified atom stereocenters. The topological polar surface area (TPSA) is 98.4 Å². The minimum atomic E-state index is -0.996. The van der Waals surface area contributed by atoms with Crippen LogP contribution in [0, 0.1) is 5.40 Å². The van der Waals surface area contributed by atoms with Gasteiger partial charge >= 0.3 is 11.9 Å². The van der Waals surface area contributed by atoms with E-state index in [2.05, 4.69) is 12.1 Å². The van der Waals surface area contributed by atoms with E-state index in [0.29, 0.717) is 10.8 Å². The van der Waals surface area contributed by atoms with E-state index < -0.39 is 11.9 Å². The van der Waals surface area contributed by atoms with Crippen LogP contribution >= 0.6 is 0 Å². The number of hydrogen-bond acceptors (Lipinski definition) is 3. The Morgan fingerprint density at radius 2 is 1.33 bits per heavy atom. The van der Waals surface area contributed by atoms with Gasteiger partial charge in [0.05, 0.1) is 11.1 Å². The summed E-state index contributed by atoms with van der Waals surface area (Å²) in [6, 6.07) is 9.15. The van der Waals surface area contributed by atoms with Gasteiger partial charge in [-0.15, -0.1) is 0 Å². The number of nitrogens with one attached hydrogen (secondary N) is 1. The molecular weight excluding hydrogens is 234 g/mol. The van der Waals surface area contributed by atoms with Crippen LogP contribution in [0.15, 0.2) is 36.4 Å². The predicted octanol–water partition coefficient (Wildman–Crippen LogP) is 2.50. The Labute approximate surface area is 104 Å². The highest BCUT2D eigenvalue weighted by molar-refractivity contribution is 5.97. The van der Waals surface area contributed by atoms with Gasteiger partial charge in [0.15, 0.2) is 1.41 Å². The molecule has 0 spiro atoms. The molecule has 5 heteroatoms. The van der Waals surface area contributed by atoms with Crippen molar-refractivity contribution in [2.45, 2.75) is 0 Å². The van der Waals surface area contributed by atoms with Gasteiger partial charge in [-0.05, 0) is 41.8 Å². The molecule has 18 heavy (non-hydrogen) atoms. The summed E-state index contributed by atoms with van der Waals surface area (Å²) < 4.78 is 5.72. The molecule has 0 aromatic heterocycles. The van der Waals surface area contributed by atoms with Crippen LogP contribution in [0.3, 0.4) is 0 Å². The minimum Gasteiger partial charge on any atom is -0.478 e. The molecule has 0 bridgehead atoms. The Kier molecular flexibility index (Phi) is 3.66. The number of benzene rings is 2. The smallest absolute Gasteiger partial charge is 0.335 e. The zero-order chi connectivity index (χ0) is 14.4. The second-order valence-corrected chi connectivity index (χ2v) is 3.39. The fourth-order valence-electron chi connectivity index (χ4n) is 1.51. The van der Waals surface area contributed by atoms with Crippen molar-refractivity contribution in [1.29, 1.82) is 5.40 Å². The maximum Gasteiger partial charge on any atom is 0.335 e. The van der Waals surface area contributed by atoms with Gasteiger partial charge in [-0.3, -0.25) is 0 Å². The van der Waals surface area contributed by atoms with E-state index in [4.69, 9.17) is 11.6 Å². The summed E-state index contributed by atoms with van der Waals surface area (Å²) in [5.41, 5.74) is 0.381. The van der Waals surface area contributed by atoms with E-state index >= 15 is 0 Å². The molecule has 2 aromatic rings. The Hall–Kier alpha value is -2.69. The molecule has 0 saturated carbocycles. The van der Waals surface area contributed by atoms with Crippen LogP contribution in [0.5, 0.6) is 0 Å². The molecule has 0 fully saturated rings. The third-order valence-electron chi connectivity index (χ3n) is 2.33. The average Bonchev–Trinajstić information content (AvgIpc) is 2.38. The van der Waals surface area contributed by atoms with Crippen LogP contribution in [-0.4, -0.2) is 28.9 Å². The van der Waals surface area contributed by atoms with Gasteiger partial charge in [0.25, 0.3) is 0 Å². The van der Waals surface area contributed by atoms with Gasteiger partial charge in [0, 0.05) is 0 Å². The molecule has 3 N–H and O–H groups in total. The van der Waals surface area contributed by atoms with Crippen molar-refractivity contribution in [3.05, 3.63) is 47.5 Å². The maximum atomic E-state index is 10.7. The number of carbonyl (C=O) groups is 2. The normalized spacial score (nSPS) is 9.89. The van der Waals surface area contributed by atoms with Crippen molar-refractivity contribution < 1.29 is 21.2 Å². The predicted molar refractivity (Wildman–Crippen MR) is 67.7 cm³/mol. The molecule has 0 aliphatic carbocycles. The lowest BCUT2D eigenvalue weighted by Gasteiger charge is -2.01. The first-order valence-electron chi connectivity index (χ1n) is 5.34. The van der Waals surface area contributed by atoms with Gasteiger partial charge in [0.2, 0.25) is 0 Å². The Morgan fingerprint density at radius 3 is 1.61 bits per heavy atom. The standard InChI is InChI=1S/C12H8O4.CH3N/c13-11(14)9-3-1-7-5-10(12(15)16)4-2-8(7)6-9;1-2/h1-6H,(H,13,14)(H,15,16);2H,1H2/i/hD. The highest BCUT2D eigenvalue weighted by atomic mass is 16.4. The summed E-state index contributed by atoms with van der Waals surface area (Å²) in [7, 11) is 0. The molecule has 0 atom stereocenters. The fraction of sp³-hybridized carbons (Fsp3) is 0. The van der Waals surface area contributed by atoms with Gasteiger partial charge in [-0.25, -0.2) is 9.59 Å². The molecule has 0 radical (unpaired) electrons. The zero-order valence-electron chi connectivity index (χ0n) is 10.3. The Balaban J connectivity index is 0.000000550. The molecular formula is C13H11NO4. The van der Waals surface area contributed by atoms with E-state index in [0.717, 1.165) is 0 Å². The van der Waals surface area contributed by atoms with Gasteiger partial charge in [-0.1, -0.05) is 12.1 Å². The summed E-state index contributed by atoms with van der Waals surface area (Å²) in [4.78, 5) is 21.5. The lowest BCUT2D eigenvalue weighted by atomic mass is 10.0. The lowest BCUT2D eigenvalue weighted by Crippen LogP contribution is -1.97. The van der Waals surface area contributed by atoms with E-state index in [1.54, 1.807) is 12.1 Å². The van der Waals surface area contributed by atoms with Crippen LogP contribution in [0.4, 0.5) is 0 Å². The van der Waals surface area contributed by atoms with Crippen LogP contribution in [0.25, 0.3) is 10.8 Å². The van der Waals surface area contributed by atoms with Crippen molar-refractivity contribution in [3.63, 3.8) is 0 Å². The first kappa shape index (κ1) is 11.8. The second-order valence-electron chi connectivity index (χ2n) is 3.39. The van der Waals surface area contributed by atoms with Crippen LogP contribution < -0.4 is 0 Å². The molecule has 0 aliphatic rings. The highest BCUT2D eigenvalue weighted by Gasteiger charge is 2.06. The number of carboxylic acids is 2. The molecule has 2 aromatic carbocycles. The van der Waals surface area contributed by atoms with E-state index in [-0.39, 0.29) is 11.1 Å². The second kappa shape index (κ2) is 5.58. The minimum absolute atomic E-state index is 0.190. The van der Waals surface area contributed by atoms with Crippen molar-refractivity contribution in [1.82, 2.24) is 0 Å². The third-order valence-corrected chi connectivity index (χ3v) is 2.33. The third kappa shape index (κ3) is 2.70. The first-order valence-corrected chi connectivity index (χ1v) is 4.90. The Bertz CT molecular complexity index is 586. The van der Waals surface area contributed by atoms with Crippen molar-refractivity contribution in [3.8, 4) is 0 Å². The average molecular weight is 246 g/mol. The molecule has 5 nitrogen and oxygen atoms in total. The molecule has 0 heterocycles. The molecule has 0 saturated heterocycles. The SMILES string of the molecule is O=C(O)c1ccc2cc(C(=O)O)ccc2c1.[2H]N=C. The largest absolute Gasteiger partial charge is 0.478 e. The van der Waals surface area contributed by atoms with Gasteiger partial charge < -0.3 is 15.6 Å². The summed E-state index contributed by atoms with van der Waals surface area (Å²) in [5, 5.41) is 21.5. The quantitative estimate of drug-likeness (QED) is 0.709. The summed E-state index contributed by atoms with van der Waals surface area (Å²) in [6.45, 7) is 2.78. The number of hydrogen-bond donors (Lipinski definition) is 3. The van der Waals surface area contributed by atoms with Gasteiger partial charge in [0.1, 0.15) is 0 Å². The van der Waals surface area contributed by atoms with E-state index in [9.17, 15) is 9.59 Å². The fourth-order valence-corrected chi connectivity index (χ4v) is 1.51. The molecule has 92 valence electrons. The molecule has 0 aliphatic heterocycles. The molecule has 0 amide bonds. The van der Waals surface area contributed by atoms with Crippen LogP contribution in [-0.2, 0) is 0 Å². The number of carboxylic acid groups (broad SMARTS) is 2. The van der Waals surface area contributed by atoms with E-state index in [1.807, 2.05) is 0 Å². The number of rotatable bonds is 2. The van der Waals surface area contributed by atoms with Crippen molar-refractivity contribution in [2.75, 3.05) is 0 Å². The van der Waals surface area contributed by atoms with Crippen molar-refractivity contribution in [2.24, 2.45) is 0 Å². The highest BCUT2D eigenvalue weighted by Crippen LogP contribution is 2.18. The number of fused-ring (bicyclic) bond motifs is 1. The van der Waals surface area contributed by atoms with E-state index in [1.165, 1.54) is 24.3 Å². The molecule has 2 rings (SSSR count). The number of aromatic carboxylic acids is 2. The maximum absolute atomic E-state index is 10.7. The summed E-state index contributed by atoms with van der Waals surface area (Å²) >= 11 is 0. The summed E-state index contributed by atoms with van der Waals surface area (Å²) in [6.07, 6.45) is 0. The first-order chi connectivity index (χ1) is 8.99. The zero-order valence-corrected chi connectivity index (χ0v) is 9.33. The van der Waals surface area contributed by atoms with Crippen molar-refractivity contribution >= 4 is 29.4 Å². The van der Waals surface area contributed by atoms with Crippen LogP contribution in [0.2, 0.25) is 1.41 Å². The van der Waals surface area contributed by atoms with Gasteiger partial charge in [-0.2, -0.15) is 0 Å². The Morgan fingerprint density at radius 1 is 1.00 bits per heavy atom. The monoisotopic (exact) mass is 246 g/mol. The van der Waals surface area contributed by atoms with Crippen LogP contribution in [0.1, 0.15) is 20.7 Å². The lowest BCUT2D eigenvalue weighted by molar-refractivity contribution is 0.0686. The summed E-state index contributed by atoms with van der Waals surface area (Å²) in [5.74, 6) is -1.99.